The molecule has 0 saturated heterocycles. The van der Waals surface area contributed by atoms with E-state index in [4.69, 9.17) is 4.42 Å². The minimum Gasteiger partial charge on any atom is -0.455 e. The average molecular weight is 880 g/mol. The minimum atomic E-state index is -0.474. The second-order valence-electron chi connectivity index (χ2n) is 18.0. The first-order valence-corrected chi connectivity index (χ1v) is 23.7. The SMILES string of the molecule is c1ccc(-c2ccccc2-c2ccc(N(c3ccc(-c4ccc5oc6c(-c7ccccc7)cccc6c5c4)cc3)c3ccc4c(c3)-c3ccccc3C4(c3ccccc3)c3ccccc3)cc2)cc1. The molecule has 13 rings (SSSR count). The van der Waals surface area contributed by atoms with Gasteiger partial charge < -0.3 is 9.32 Å². The summed E-state index contributed by atoms with van der Waals surface area (Å²) >= 11 is 0. The first-order chi connectivity index (χ1) is 34.2. The van der Waals surface area contributed by atoms with Crippen LogP contribution in [-0.2, 0) is 5.41 Å². The largest absolute Gasteiger partial charge is 0.455 e. The molecule has 12 aromatic rings. The number of anilines is 3. The van der Waals surface area contributed by atoms with Crippen LogP contribution in [0.15, 0.2) is 277 Å². The van der Waals surface area contributed by atoms with Gasteiger partial charge in [-0.05, 0) is 121 Å². The summed E-state index contributed by atoms with van der Waals surface area (Å²) < 4.78 is 6.55. The number of fused-ring (bicyclic) bond motifs is 6. The van der Waals surface area contributed by atoms with Gasteiger partial charge in [0.25, 0.3) is 0 Å². The predicted molar refractivity (Wildman–Crippen MR) is 287 cm³/mol. The van der Waals surface area contributed by atoms with Crippen LogP contribution in [0.25, 0.3) is 77.6 Å². The van der Waals surface area contributed by atoms with Crippen LogP contribution in [0.1, 0.15) is 22.3 Å². The smallest absolute Gasteiger partial charge is 0.143 e. The van der Waals surface area contributed by atoms with Gasteiger partial charge in [0.1, 0.15) is 11.2 Å². The molecule has 0 atom stereocenters. The molecular formula is C67H45NO. The summed E-state index contributed by atoms with van der Waals surface area (Å²) in [7, 11) is 0. The number of hydrogen-bond donors (Lipinski definition) is 0. The number of nitrogens with zero attached hydrogens (tertiary/aromatic N) is 1. The third-order valence-electron chi connectivity index (χ3n) is 14.2. The predicted octanol–water partition coefficient (Wildman–Crippen LogP) is 18.1. The van der Waals surface area contributed by atoms with Gasteiger partial charge in [-0.3, -0.25) is 0 Å². The molecule has 1 aromatic heterocycles. The van der Waals surface area contributed by atoms with Crippen LogP contribution in [0, 0.1) is 0 Å². The molecule has 2 nitrogen and oxygen atoms in total. The summed E-state index contributed by atoms with van der Waals surface area (Å²) in [6.07, 6.45) is 0. The standard InChI is InChI=1S/C67H45NO/c1-5-18-47(19-6-1)56-26-13-14-27-57(56)49-34-39-54(40-35-49)68(53-37-32-46(33-38-53)50-36-43-65-62(44-50)60-30-17-29-58(66(60)69-65)48-20-7-2-8-21-48)55-41-42-64-61(45-55)59-28-15-16-31-63(59)67(64,51-22-9-3-10-23-51)52-24-11-4-12-25-52/h1-45H. The molecule has 0 spiro atoms. The fraction of sp³-hybridized carbons (Fsp3) is 0.0149. The minimum absolute atomic E-state index is 0.474. The highest BCUT2D eigenvalue weighted by atomic mass is 16.3. The van der Waals surface area contributed by atoms with Crippen molar-refractivity contribution in [1.29, 1.82) is 0 Å². The van der Waals surface area contributed by atoms with E-state index in [-0.39, 0.29) is 0 Å². The molecule has 0 unspecified atom stereocenters. The van der Waals surface area contributed by atoms with Crippen molar-refractivity contribution in [1.82, 2.24) is 0 Å². The molecule has 0 radical (unpaired) electrons. The molecule has 0 aliphatic heterocycles. The summed E-state index contributed by atoms with van der Waals surface area (Å²) in [5.74, 6) is 0. The average Bonchev–Trinajstić information content (AvgIpc) is 3.96. The molecule has 11 aromatic carbocycles. The molecule has 0 fully saturated rings. The zero-order valence-electron chi connectivity index (χ0n) is 37.8. The van der Waals surface area contributed by atoms with Crippen molar-refractivity contribution in [2.24, 2.45) is 0 Å². The topological polar surface area (TPSA) is 16.4 Å². The van der Waals surface area contributed by atoms with E-state index in [2.05, 4.69) is 278 Å². The van der Waals surface area contributed by atoms with E-state index < -0.39 is 5.41 Å². The van der Waals surface area contributed by atoms with Crippen LogP contribution in [0.3, 0.4) is 0 Å². The zero-order chi connectivity index (χ0) is 45.7. The first-order valence-electron chi connectivity index (χ1n) is 23.7. The van der Waals surface area contributed by atoms with E-state index in [0.717, 1.165) is 61.3 Å². The summed E-state index contributed by atoms with van der Waals surface area (Å²) in [4.78, 5) is 2.41. The van der Waals surface area contributed by atoms with Crippen molar-refractivity contribution in [3.8, 4) is 55.6 Å². The number of rotatable bonds is 9. The number of hydrogen-bond acceptors (Lipinski definition) is 2. The van der Waals surface area contributed by atoms with Crippen molar-refractivity contribution < 1.29 is 4.42 Å². The zero-order valence-corrected chi connectivity index (χ0v) is 37.8. The van der Waals surface area contributed by atoms with Gasteiger partial charge in [-0.1, -0.05) is 224 Å². The van der Waals surface area contributed by atoms with E-state index in [1.807, 2.05) is 0 Å². The van der Waals surface area contributed by atoms with Gasteiger partial charge in [0.15, 0.2) is 0 Å². The van der Waals surface area contributed by atoms with E-state index >= 15 is 0 Å². The Morgan fingerprint density at radius 1 is 0.275 bits per heavy atom. The number of para-hydroxylation sites is 1. The lowest BCUT2D eigenvalue weighted by atomic mass is 9.68. The third kappa shape index (κ3) is 6.72. The van der Waals surface area contributed by atoms with Crippen LogP contribution >= 0.6 is 0 Å². The Kier molecular flexibility index (Phi) is 9.77. The van der Waals surface area contributed by atoms with E-state index in [0.29, 0.717) is 0 Å². The van der Waals surface area contributed by atoms with E-state index in [9.17, 15) is 0 Å². The van der Waals surface area contributed by atoms with E-state index in [1.54, 1.807) is 0 Å². The summed E-state index contributed by atoms with van der Waals surface area (Å²) in [5, 5.41) is 2.23. The van der Waals surface area contributed by atoms with Gasteiger partial charge in [0.2, 0.25) is 0 Å². The third-order valence-corrected chi connectivity index (χ3v) is 14.2. The second kappa shape index (κ2) is 16.7. The molecule has 2 heteroatoms. The summed E-state index contributed by atoms with van der Waals surface area (Å²) in [6, 6.07) is 99.1. The number of furan rings is 1. The highest BCUT2D eigenvalue weighted by Crippen LogP contribution is 2.57. The lowest BCUT2D eigenvalue weighted by Crippen LogP contribution is -2.28. The number of benzene rings is 11. The van der Waals surface area contributed by atoms with Gasteiger partial charge in [0, 0.05) is 33.4 Å². The maximum absolute atomic E-state index is 6.55. The van der Waals surface area contributed by atoms with Crippen LogP contribution in [0.2, 0.25) is 0 Å². The fourth-order valence-corrected chi connectivity index (χ4v) is 11.0. The van der Waals surface area contributed by atoms with Gasteiger partial charge in [-0.15, -0.1) is 0 Å². The molecule has 0 saturated carbocycles. The van der Waals surface area contributed by atoms with Crippen LogP contribution in [-0.4, -0.2) is 0 Å². The summed E-state index contributed by atoms with van der Waals surface area (Å²) in [6.45, 7) is 0. The first kappa shape index (κ1) is 40.3. The van der Waals surface area contributed by atoms with Crippen LogP contribution in [0.4, 0.5) is 17.1 Å². The monoisotopic (exact) mass is 879 g/mol. The van der Waals surface area contributed by atoms with Crippen LogP contribution in [0.5, 0.6) is 0 Å². The maximum atomic E-state index is 6.55. The van der Waals surface area contributed by atoms with Crippen molar-refractivity contribution in [3.05, 3.63) is 295 Å². The molecule has 1 aliphatic carbocycles. The van der Waals surface area contributed by atoms with Crippen molar-refractivity contribution in [3.63, 3.8) is 0 Å². The van der Waals surface area contributed by atoms with Crippen molar-refractivity contribution in [2.45, 2.75) is 5.41 Å². The van der Waals surface area contributed by atoms with Crippen molar-refractivity contribution in [2.75, 3.05) is 4.90 Å². The van der Waals surface area contributed by atoms with Crippen molar-refractivity contribution >= 4 is 39.0 Å². The Hall–Kier alpha value is -8.98. The Labute approximate surface area is 402 Å². The maximum Gasteiger partial charge on any atom is 0.143 e. The molecule has 0 amide bonds. The highest BCUT2D eigenvalue weighted by molar-refractivity contribution is 6.10. The molecular weight excluding hydrogens is 835 g/mol. The second-order valence-corrected chi connectivity index (χ2v) is 18.0. The Balaban J connectivity index is 0.944. The molecule has 1 heterocycles. The van der Waals surface area contributed by atoms with Gasteiger partial charge in [-0.2, -0.15) is 0 Å². The molecule has 69 heavy (non-hydrogen) atoms. The summed E-state index contributed by atoms with van der Waals surface area (Å²) in [5.41, 5.74) is 21.5. The molecule has 1 aliphatic rings. The molecule has 0 N–H and O–H groups in total. The van der Waals surface area contributed by atoms with Crippen LogP contribution < -0.4 is 4.90 Å². The van der Waals surface area contributed by atoms with Gasteiger partial charge in [-0.25, -0.2) is 0 Å². The molecule has 324 valence electrons. The Bertz CT molecular complexity index is 3760. The lowest BCUT2D eigenvalue weighted by Gasteiger charge is -2.34. The Morgan fingerprint density at radius 2 is 0.739 bits per heavy atom. The molecule has 0 bridgehead atoms. The lowest BCUT2D eigenvalue weighted by molar-refractivity contribution is 0.670. The fourth-order valence-electron chi connectivity index (χ4n) is 11.0. The normalized spacial score (nSPS) is 12.5. The van der Waals surface area contributed by atoms with E-state index in [1.165, 1.54) is 55.6 Å². The van der Waals surface area contributed by atoms with Gasteiger partial charge in [0.05, 0.1) is 5.41 Å². The Morgan fingerprint density at radius 3 is 1.36 bits per heavy atom. The van der Waals surface area contributed by atoms with Gasteiger partial charge >= 0.3 is 0 Å². The quantitative estimate of drug-likeness (QED) is 0.144. The highest BCUT2D eigenvalue weighted by Gasteiger charge is 2.46.